The van der Waals surface area contributed by atoms with Gasteiger partial charge in [-0.2, -0.15) is 0 Å². The summed E-state index contributed by atoms with van der Waals surface area (Å²) < 4.78 is 0. The molecule has 0 atom stereocenters. The van der Waals surface area contributed by atoms with E-state index in [2.05, 4.69) is 16.0 Å². The predicted molar refractivity (Wildman–Crippen MR) is 27.2 cm³/mol. The maximum atomic E-state index is 7.21. The molecule has 0 saturated carbocycles. The zero-order chi connectivity index (χ0) is 2.71. The van der Waals surface area contributed by atoms with Crippen LogP contribution in [0.15, 0.2) is 0 Å². The first kappa shape index (κ1) is 23.9. The Morgan fingerprint density at radius 1 is 1.33 bits per heavy atom. The number of rotatable bonds is 0. The monoisotopic (exact) mass is 166 g/mol. The summed E-state index contributed by atoms with van der Waals surface area (Å²) in [6, 6.07) is 0. The molecule has 0 saturated heterocycles. The van der Waals surface area contributed by atoms with E-state index in [0.717, 1.165) is 0 Å². The number of nitrogens with zero attached hydrogens (tertiary/aromatic N) is 1. The summed E-state index contributed by atoms with van der Waals surface area (Å²) in [5.74, 6) is 0. The van der Waals surface area contributed by atoms with Crippen molar-refractivity contribution < 1.29 is 16.0 Å². The van der Waals surface area contributed by atoms with Gasteiger partial charge in [-0.1, -0.05) is 0 Å². The van der Waals surface area contributed by atoms with Crippen molar-refractivity contribution in [2.45, 2.75) is 0 Å². The van der Waals surface area contributed by atoms with Crippen LogP contribution in [0.3, 0.4) is 0 Å². The Bertz CT molecular complexity index is 35.0. The van der Waals surface area contributed by atoms with Crippen LogP contribution in [-0.2, 0) is 16.0 Å². The second-order valence-corrected chi connectivity index (χ2v) is 0.326. The second kappa shape index (κ2) is 26.6. The quantitative estimate of drug-likeness (QED) is 0.430. The average Bonchev–Trinajstić information content (AvgIpc) is 0.918. The summed E-state index contributed by atoms with van der Waals surface area (Å²) in [7, 11) is 0. The Morgan fingerprint density at radius 2 is 1.33 bits per heavy atom. The van der Waals surface area contributed by atoms with Crippen LogP contribution >= 0.6 is 12.4 Å². The number of halogens is 1. The van der Waals surface area contributed by atoms with E-state index in [9.17, 15) is 0 Å². The Labute approximate surface area is 96.0 Å². The van der Waals surface area contributed by atoms with Gasteiger partial charge in [-0.3, -0.25) is 0 Å². The summed E-state index contributed by atoms with van der Waals surface area (Å²) in [6.07, 6.45) is 0. The first-order valence-electron chi connectivity index (χ1n) is 0.400. The van der Waals surface area contributed by atoms with E-state index in [0.29, 0.717) is 0 Å². The Kier molecular flexibility index (Phi) is 106. The Balaban J connectivity index is -0.00000000667. The molecule has 0 radical (unpaired) electrons. The van der Waals surface area contributed by atoms with Crippen LogP contribution in [0, 0.1) is 10.2 Å². The summed E-state index contributed by atoms with van der Waals surface area (Å²) in [5, 5.41) is 7.21. The van der Waals surface area contributed by atoms with Crippen molar-refractivity contribution in [3.8, 4) is 4.97 Å². The standard InChI is InChI=1S/CN.ClH.Fe.2Na.2H/c1-2;;;;;;/h;1H;;;;;. The number of nitriles is 1. The molecule has 0 aromatic rings. The summed E-state index contributed by atoms with van der Waals surface area (Å²) >= 11 is 2.79. The average molecular weight is 166 g/mol. The molecule has 0 spiro atoms. The zero-order valence-electron chi connectivity index (χ0n) is 1.71. The molecule has 0 aliphatic heterocycles. The van der Waals surface area contributed by atoms with Gasteiger partial charge in [0.1, 0.15) is 0 Å². The van der Waals surface area contributed by atoms with Gasteiger partial charge < -0.3 is 0 Å². The normalized spacial score (nSPS) is 1.33. The van der Waals surface area contributed by atoms with Gasteiger partial charge in [0.2, 0.25) is 0 Å². The summed E-state index contributed by atoms with van der Waals surface area (Å²) in [5.41, 5.74) is 0. The van der Waals surface area contributed by atoms with Crippen LogP contribution in [0.25, 0.3) is 0 Å². The van der Waals surface area contributed by atoms with E-state index in [1.807, 2.05) is 0 Å². The molecule has 29 valence electrons. The van der Waals surface area contributed by atoms with Crippen molar-refractivity contribution in [1.29, 1.82) is 5.26 Å². The molecule has 1 nitrogen and oxygen atoms in total. The molecule has 0 aliphatic rings. The maximum absolute atomic E-state index is 7.21. The molecular weight excluding hydrogens is 163 g/mol. The zero-order valence-corrected chi connectivity index (χ0v) is 3.63. The molecule has 0 aromatic carbocycles. The Morgan fingerprint density at radius 3 is 1.33 bits per heavy atom. The van der Waals surface area contributed by atoms with Crippen LogP contribution in [0.5, 0.6) is 0 Å². The van der Waals surface area contributed by atoms with E-state index in [1.54, 1.807) is 0 Å². The first-order valence-corrected chi connectivity index (χ1v) is 0.952. The van der Waals surface area contributed by atoms with Crippen LogP contribution < -0.4 is 0 Å². The van der Waals surface area contributed by atoms with Crippen molar-refractivity contribution in [3.05, 3.63) is 0 Å². The topological polar surface area (TPSA) is 23.8 Å². The molecule has 5 heteroatoms. The number of hydrogen-bond donors (Lipinski definition) is 0. The molecule has 0 unspecified atom stereocenters. The van der Waals surface area contributed by atoms with Crippen molar-refractivity contribution in [1.82, 2.24) is 0 Å². The first-order chi connectivity index (χ1) is 1.41. The molecule has 0 bridgehead atoms. The molecule has 0 aliphatic carbocycles. The van der Waals surface area contributed by atoms with Crippen molar-refractivity contribution >= 4 is 71.5 Å². The van der Waals surface area contributed by atoms with Gasteiger partial charge in [0.05, 0.1) is 0 Å². The van der Waals surface area contributed by atoms with Crippen molar-refractivity contribution in [2.24, 2.45) is 0 Å². The molecule has 0 amide bonds. The minimum atomic E-state index is 0. The third-order valence-electron chi connectivity index (χ3n) is 0. The van der Waals surface area contributed by atoms with Gasteiger partial charge in [-0.15, -0.1) is 12.4 Å². The van der Waals surface area contributed by atoms with E-state index < -0.39 is 0 Å². The van der Waals surface area contributed by atoms with Gasteiger partial charge in [-0.25, -0.2) is 0 Å². The van der Waals surface area contributed by atoms with Gasteiger partial charge in [0.25, 0.3) is 0 Å². The molecule has 0 aromatic heterocycles. The minimum absolute atomic E-state index is 0. The molecule has 0 N–H and O–H groups in total. The third kappa shape index (κ3) is 33.5. The molecule has 0 rings (SSSR count). The van der Waals surface area contributed by atoms with Gasteiger partial charge in [0, 0.05) is 0 Å². The number of hydrogen-bond acceptors (Lipinski definition) is 1. The van der Waals surface area contributed by atoms with E-state index in [-0.39, 0.29) is 71.5 Å². The summed E-state index contributed by atoms with van der Waals surface area (Å²) in [6.45, 7) is 0. The molecule has 0 fully saturated rings. The van der Waals surface area contributed by atoms with E-state index >= 15 is 0 Å². The Hall–Kier alpha value is 2.30. The molecular formula is CH3ClFeNNa2. The fraction of sp³-hybridized carbons (Fsp3) is 0. The summed E-state index contributed by atoms with van der Waals surface area (Å²) in [4.78, 5) is 1.50. The van der Waals surface area contributed by atoms with Crippen molar-refractivity contribution in [3.63, 3.8) is 0 Å². The molecule has 6 heavy (non-hydrogen) atoms. The predicted octanol–water partition coefficient (Wildman–Crippen LogP) is -0.861. The van der Waals surface area contributed by atoms with Crippen LogP contribution in [0.4, 0.5) is 0 Å². The van der Waals surface area contributed by atoms with Crippen LogP contribution in [0.2, 0.25) is 0 Å². The molecule has 0 heterocycles. The van der Waals surface area contributed by atoms with Crippen molar-refractivity contribution in [2.75, 3.05) is 0 Å². The third-order valence-corrected chi connectivity index (χ3v) is 0. The van der Waals surface area contributed by atoms with Gasteiger partial charge in [0.15, 0.2) is 0 Å². The van der Waals surface area contributed by atoms with Gasteiger partial charge >= 0.3 is 85.4 Å². The SMILES string of the molecule is Cl.N#[C][Fe].[NaH].[NaH]. The van der Waals surface area contributed by atoms with E-state index in [1.165, 1.54) is 4.97 Å². The van der Waals surface area contributed by atoms with E-state index in [4.69, 9.17) is 5.26 Å². The van der Waals surface area contributed by atoms with Gasteiger partial charge in [-0.05, 0) is 0 Å². The second-order valence-electron chi connectivity index (χ2n) is 0.0791. The fourth-order valence-corrected chi connectivity index (χ4v) is 0. The van der Waals surface area contributed by atoms with Crippen LogP contribution in [-0.4, -0.2) is 59.1 Å². The fourth-order valence-electron chi connectivity index (χ4n) is 0. The van der Waals surface area contributed by atoms with Crippen LogP contribution in [0.1, 0.15) is 0 Å².